The van der Waals surface area contributed by atoms with Crippen LogP contribution in [0.4, 0.5) is 0 Å². The van der Waals surface area contributed by atoms with E-state index in [9.17, 15) is 0 Å². The number of pyridine rings is 2. The third-order valence-corrected chi connectivity index (χ3v) is 4.40. The third kappa shape index (κ3) is 4.55. The molecule has 27 heavy (non-hydrogen) atoms. The van der Waals surface area contributed by atoms with Crippen LogP contribution in [0.15, 0.2) is 60.8 Å². The molecule has 0 aliphatic rings. The molecule has 0 amide bonds. The van der Waals surface area contributed by atoms with Crippen molar-refractivity contribution >= 4 is 10.9 Å². The van der Waals surface area contributed by atoms with Gasteiger partial charge in [-0.2, -0.15) is 9.13 Å². The van der Waals surface area contributed by atoms with E-state index < -0.39 is 0 Å². The SMILES string of the molecule is C#CCCC[n+]1c(C#Cc2cccc[n+]2CCC#C)ccc2ccccc21. The Hall–Kier alpha value is -3.54. The van der Waals surface area contributed by atoms with Gasteiger partial charge in [-0.05, 0) is 18.2 Å². The molecule has 2 aromatic heterocycles. The Kier molecular flexibility index (Phi) is 6.25. The maximum Gasteiger partial charge on any atom is 0.257 e. The summed E-state index contributed by atoms with van der Waals surface area (Å²) in [4.78, 5) is 0. The first kappa shape index (κ1) is 18.3. The lowest BCUT2D eigenvalue weighted by Gasteiger charge is -2.03. The van der Waals surface area contributed by atoms with E-state index >= 15 is 0 Å². The van der Waals surface area contributed by atoms with E-state index in [4.69, 9.17) is 12.8 Å². The van der Waals surface area contributed by atoms with Gasteiger partial charge < -0.3 is 0 Å². The second-order valence-electron chi connectivity index (χ2n) is 6.22. The number of terminal acetylenes is 2. The minimum atomic E-state index is 0.686. The molecule has 0 radical (unpaired) electrons. The quantitative estimate of drug-likeness (QED) is 0.379. The van der Waals surface area contributed by atoms with Crippen molar-refractivity contribution in [3.63, 3.8) is 0 Å². The maximum absolute atomic E-state index is 5.43. The van der Waals surface area contributed by atoms with Crippen LogP contribution in [-0.4, -0.2) is 0 Å². The number of unbranched alkanes of at least 4 members (excludes halogenated alkanes) is 1. The zero-order chi connectivity index (χ0) is 18.9. The molecule has 2 heteroatoms. The van der Waals surface area contributed by atoms with Gasteiger partial charge in [-0.25, -0.2) is 0 Å². The van der Waals surface area contributed by atoms with Crippen LogP contribution in [0.25, 0.3) is 10.9 Å². The highest BCUT2D eigenvalue weighted by molar-refractivity contribution is 5.75. The van der Waals surface area contributed by atoms with E-state index in [0.29, 0.717) is 6.42 Å². The van der Waals surface area contributed by atoms with Crippen molar-refractivity contribution in [1.82, 2.24) is 0 Å². The van der Waals surface area contributed by atoms with Gasteiger partial charge in [-0.1, -0.05) is 12.1 Å². The van der Waals surface area contributed by atoms with Gasteiger partial charge in [-0.3, -0.25) is 0 Å². The second-order valence-corrected chi connectivity index (χ2v) is 6.22. The monoisotopic (exact) mass is 350 g/mol. The number of nitrogens with zero attached hydrogens (tertiary/aromatic N) is 2. The van der Waals surface area contributed by atoms with E-state index in [1.54, 1.807) is 0 Å². The molecule has 0 saturated heterocycles. The molecule has 0 unspecified atom stereocenters. The normalized spacial score (nSPS) is 9.85. The molecule has 2 nitrogen and oxygen atoms in total. The van der Waals surface area contributed by atoms with E-state index in [1.165, 1.54) is 10.9 Å². The smallest absolute Gasteiger partial charge is 0.190 e. The first-order valence-corrected chi connectivity index (χ1v) is 9.12. The second kappa shape index (κ2) is 9.24. The van der Waals surface area contributed by atoms with E-state index in [1.807, 2.05) is 24.4 Å². The Balaban J connectivity index is 2.01. The molecule has 2 heterocycles. The summed E-state index contributed by atoms with van der Waals surface area (Å²) in [6, 6.07) is 18.6. The molecule has 0 atom stereocenters. The predicted molar refractivity (Wildman–Crippen MR) is 108 cm³/mol. The topological polar surface area (TPSA) is 7.76 Å². The maximum atomic E-state index is 5.43. The summed E-state index contributed by atoms with van der Waals surface area (Å²) in [5.74, 6) is 12.1. The van der Waals surface area contributed by atoms with Crippen molar-refractivity contribution in [3.8, 4) is 36.5 Å². The standard InChI is InChI=1S/C25H22N2/c1-3-5-10-21-27-24(16-15-22-12-7-8-14-25(22)27)18-17-23-13-9-11-20-26(23)19-6-4-2/h1-2,7-9,11-16,20H,5-6,10,19,21H2/q+2. The molecule has 1 aromatic carbocycles. The van der Waals surface area contributed by atoms with Crippen LogP contribution >= 0.6 is 0 Å². The lowest BCUT2D eigenvalue weighted by atomic mass is 10.1. The van der Waals surface area contributed by atoms with Gasteiger partial charge in [0, 0.05) is 54.3 Å². The summed E-state index contributed by atoms with van der Waals surface area (Å²) in [6.45, 7) is 1.61. The third-order valence-electron chi connectivity index (χ3n) is 4.40. The first-order valence-electron chi connectivity index (χ1n) is 9.12. The van der Waals surface area contributed by atoms with E-state index in [2.05, 4.69) is 69.2 Å². The van der Waals surface area contributed by atoms with Crippen LogP contribution in [0.2, 0.25) is 0 Å². The van der Waals surface area contributed by atoms with Crippen molar-refractivity contribution in [2.24, 2.45) is 0 Å². The molecule has 0 saturated carbocycles. The zero-order valence-electron chi connectivity index (χ0n) is 15.4. The molecular formula is C25H22N2+2. The van der Waals surface area contributed by atoms with Gasteiger partial charge >= 0.3 is 0 Å². The molecule has 0 bridgehead atoms. The predicted octanol–water partition coefficient (Wildman–Crippen LogP) is 3.25. The molecule has 3 aromatic rings. The highest BCUT2D eigenvalue weighted by Crippen LogP contribution is 2.11. The largest absolute Gasteiger partial charge is 0.257 e. The van der Waals surface area contributed by atoms with Crippen molar-refractivity contribution in [1.29, 1.82) is 0 Å². The number of rotatable bonds is 5. The average molecular weight is 350 g/mol. The number of hydrogen-bond donors (Lipinski definition) is 0. The molecule has 0 spiro atoms. The number of aromatic nitrogens is 2. The minimum absolute atomic E-state index is 0.686. The Morgan fingerprint density at radius 3 is 2.37 bits per heavy atom. The number of aryl methyl sites for hydroxylation is 2. The summed E-state index contributed by atoms with van der Waals surface area (Å²) in [5, 5.41) is 1.20. The molecule has 0 fully saturated rings. The lowest BCUT2D eigenvalue weighted by molar-refractivity contribution is -0.698. The number of benzene rings is 1. The van der Waals surface area contributed by atoms with Crippen molar-refractivity contribution in [2.45, 2.75) is 32.4 Å². The van der Waals surface area contributed by atoms with Gasteiger partial charge in [0.05, 0.1) is 6.42 Å². The molecule has 3 rings (SSSR count). The summed E-state index contributed by atoms with van der Waals surface area (Å²) >= 11 is 0. The molecular weight excluding hydrogens is 328 g/mol. The number of para-hydroxylation sites is 1. The fourth-order valence-electron chi connectivity index (χ4n) is 3.05. The summed E-state index contributed by atoms with van der Waals surface area (Å²) in [5.41, 5.74) is 3.11. The van der Waals surface area contributed by atoms with Gasteiger partial charge in [0.1, 0.15) is 0 Å². The van der Waals surface area contributed by atoms with Gasteiger partial charge in [0.2, 0.25) is 5.52 Å². The van der Waals surface area contributed by atoms with Crippen LogP contribution in [-0.2, 0) is 13.1 Å². The first-order chi connectivity index (χ1) is 13.3. The number of fused-ring (bicyclic) bond motifs is 1. The summed E-state index contributed by atoms with van der Waals surface area (Å²) < 4.78 is 4.35. The van der Waals surface area contributed by atoms with Crippen LogP contribution in [0.1, 0.15) is 30.7 Å². The van der Waals surface area contributed by atoms with Crippen molar-refractivity contribution < 1.29 is 9.13 Å². The highest BCUT2D eigenvalue weighted by atomic mass is 15.0. The molecule has 130 valence electrons. The van der Waals surface area contributed by atoms with Crippen LogP contribution < -0.4 is 9.13 Å². The van der Waals surface area contributed by atoms with Crippen LogP contribution in [0, 0.1) is 36.5 Å². The van der Waals surface area contributed by atoms with Crippen LogP contribution in [0.3, 0.4) is 0 Å². The highest BCUT2D eigenvalue weighted by Gasteiger charge is 2.14. The average Bonchev–Trinajstić information content (AvgIpc) is 2.72. The zero-order valence-corrected chi connectivity index (χ0v) is 15.4. The van der Waals surface area contributed by atoms with Gasteiger partial charge in [-0.15, -0.1) is 24.7 Å². The van der Waals surface area contributed by atoms with Gasteiger partial charge in [0.25, 0.3) is 11.4 Å². The molecule has 0 N–H and O–H groups in total. The fourth-order valence-corrected chi connectivity index (χ4v) is 3.05. The van der Waals surface area contributed by atoms with E-state index in [-0.39, 0.29) is 0 Å². The van der Waals surface area contributed by atoms with Gasteiger partial charge in [0.15, 0.2) is 19.3 Å². The lowest BCUT2D eigenvalue weighted by Crippen LogP contribution is -2.39. The molecule has 0 aliphatic carbocycles. The Bertz CT molecular complexity index is 1080. The fraction of sp³-hybridized carbons (Fsp3) is 0.200. The van der Waals surface area contributed by atoms with Crippen molar-refractivity contribution in [2.75, 3.05) is 0 Å². The van der Waals surface area contributed by atoms with Crippen LogP contribution in [0.5, 0.6) is 0 Å². The Labute approximate surface area is 161 Å². The van der Waals surface area contributed by atoms with Crippen molar-refractivity contribution in [3.05, 3.63) is 72.2 Å². The summed E-state index contributed by atoms with van der Waals surface area (Å²) in [6.07, 6.45) is 15.2. The summed E-state index contributed by atoms with van der Waals surface area (Å²) in [7, 11) is 0. The minimum Gasteiger partial charge on any atom is -0.190 e. The molecule has 0 aliphatic heterocycles. The Morgan fingerprint density at radius 1 is 0.741 bits per heavy atom. The van der Waals surface area contributed by atoms with E-state index in [0.717, 1.165) is 37.3 Å². The Morgan fingerprint density at radius 2 is 1.52 bits per heavy atom. The number of hydrogen-bond acceptors (Lipinski definition) is 0.